The number of likely N-dealkylation sites (N-methyl/N-ethyl adjacent to an activating group) is 1. The quantitative estimate of drug-likeness (QED) is 0.514. The number of hydrogen-bond acceptors (Lipinski definition) is 4. The van der Waals surface area contributed by atoms with Crippen molar-refractivity contribution < 1.29 is 17.6 Å². The van der Waals surface area contributed by atoms with Gasteiger partial charge >= 0.3 is 6.18 Å². The number of nitrogens with zero attached hydrogens (tertiary/aromatic N) is 3. The highest BCUT2D eigenvalue weighted by Gasteiger charge is 2.31. The first-order valence-corrected chi connectivity index (χ1v) is 10.5. The largest absolute Gasteiger partial charge is 0.469 e. The number of piperazine rings is 1. The molecule has 9 heteroatoms. The van der Waals surface area contributed by atoms with Crippen LogP contribution in [0.1, 0.15) is 23.8 Å². The molecule has 0 amide bonds. The van der Waals surface area contributed by atoms with Crippen molar-refractivity contribution in [3.05, 3.63) is 53.5 Å². The first-order chi connectivity index (χ1) is 14.9. The van der Waals surface area contributed by atoms with E-state index in [0.717, 1.165) is 43.7 Å². The molecule has 2 aromatic rings. The number of anilines is 1. The third kappa shape index (κ3) is 6.65. The minimum absolute atomic E-state index is 0.154. The molecule has 2 heterocycles. The number of hydrogen-bond donors (Lipinski definition) is 2. The Labute approximate surface area is 181 Å². The summed E-state index contributed by atoms with van der Waals surface area (Å²) in [5.41, 5.74) is 0.741. The van der Waals surface area contributed by atoms with E-state index < -0.39 is 11.7 Å². The van der Waals surface area contributed by atoms with Crippen molar-refractivity contribution >= 4 is 11.6 Å². The molecule has 3 rings (SSSR count). The molecule has 0 saturated carbocycles. The van der Waals surface area contributed by atoms with Gasteiger partial charge in [0.15, 0.2) is 5.96 Å². The molecule has 6 nitrogen and oxygen atoms in total. The molecule has 0 spiro atoms. The third-order valence-corrected chi connectivity index (χ3v) is 5.25. The zero-order valence-corrected chi connectivity index (χ0v) is 18.0. The lowest BCUT2D eigenvalue weighted by atomic mass is 10.1. The van der Waals surface area contributed by atoms with E-state index in [2.05, 4.69) is 25.4 Å². The van der Waals surface area contributed by atoms with Gasteiger partial charge in [-0.25, -0.2) is 4.99 Å². The monoisotopic (exact) mass is 437 g/mol. The van der Waals surface area contributed by atoms with Gasteiger partial charge < -0.3 is 24.9 Å². The van der Waals surface area contributed by atoms with Crippen LogP contribution in [0.3, 0.4) is 0 Å². The van der Waals surface area contributed by atoms with Crippen molar-refractivity contribution in [3.63, 3.8) is 0 Å². The Balaban J connectivity index is 1.76. The van der Waals surface area contributed by atoms with E-state index in [1.165, 1.54) is 6.07 Å². The van der Waals surface area contributed by atoms with E-state index in [-0.39, 0.29) is 6.54 Å². The first kappa shape index (κ1) is 23.0. The molecule has 1 aliphatic rings. The molecule has 2 N–H and O–H groups in total. The van der Waals surface area contributed by atoms with Gasteiger partial charge in [0.05, 0.1) is 18.4 Å². The highest BCUT2D eigenvalue weighted by molar-refractivity contribution is 5.79. The number of rotatable bonds is 7. The minimum atomic E-state index is -4.38. The first-order valence-electron chi connectivity index (χ1n) is 10.5. The van der Waals surface area contributed by atoms with Gasteiger partial charge in [0.2, 0.25) is 0 Å². The van der Waals surface area contributed by atoms with Gasteiger partial charge in [-0.15, -0.1) is 0 Å². The van der Waals surface area contributed by atoms with Crippen molar-refractivity contribution in [3.8, 4) is 0 Å². The second kappa shape index (κ2) is 10.6. The standard InChI is InChI=1S/C22H30F3N5O/c1-3-26-21(27-9-8-19-5-4-14-31-19)28-16-17-15-18(22(23,24)25)6-7-20(17)30-12-10-29(2)11-13-30/h4-7,14-15H,3,8-13,16H2,1-2H3,(H2,26,27,28). The van der Waals surface area contributed by atoms with E-state index in [4.69, 9.17) is 4.42 Å². The van der Waals surface area contributed by atoms with Crippen LogP contribution >= 0.6 is 0 Å². The Morgan fingerprint density at radius 2 is 1.90 bits per heavy atom. The molecule has 0 radical (unpaired) electrons. The Kier molecular flexibility index (Phi) is 7.84. The number of nitrogens with one attached hydrogen (secondary N) is 2. The van der Waals surface area contributed by atoms with Gasteiger partial charge in [-0.1, -0.05) is 0 Å². The smallest absolute Gasteiger partial charge is 0.416 e. The summed E-state index contributed by atoms with van der Waals surface area (Å²) in [7, 11) is 2.05. The highest BCUT2D eigenvalue weighted by Crippen LogP contribution is 2.33. The van der Waals surface area contributed by atoms with E-state index >= 15 is 0 Å². The summed E-state index contributed by atoms with van der Waals surface area (Å²) in [4.78, 5) is 8.91. The van der Waals surface area contributed by atoms with Crippen LogP contribution in [0.4, 0.5) is 18.9 Å². The predicted octanol–water partition coefficient (Wildman–Crippen LogP) is 3.35. The van der Waals surface area contributed by atoms with Crippen molar-refractivity contribution in [2.24, 2.45) is 4.99 Å². The predicted molar refractivity (Wildman–Crippen MR) is 116 cm³/mol. The summed E-state index contributed by atoms with van der Waals surface area (Å²) in [6.07, 6.45) is -2.07. The summed E-state index contributed by atoms with van der Waals surface area (Å²) < 4.78 is 45.3. The zero-order valence-electron chi connectivity index (χ0n) is 18.0. The van der Waals surface area contributed by atoms with E-state index in [1.54, 1.807) is 12.3 Å². The Morgan fingerprint density at radius 3 is 2.55 bits per heavy atom. The normalized spacial score (nSPS) is 15.9. The maximum absolute atomic E-state index is 13.3. The van der Waals surface area contributed by atoms with Crippen molar-refractivity contribution in [2.45, 2.75) is 26.1 Å². The summed E-state index contributed by atoms with van der Waals surface area (Å²) in [6, 6.07) is 7.70. The molecule has 0 bridgehead atoms. The van der Waals surface area contributed by atoms with Crippen LogP contribution in [0.15, 0.2) is 46.0 Å². The number of halogens is 3. The Morgan fingerprint density at radius 1 is 1.13 bits per heavy atom. The number of alkyl halides is 3. The number of guanidine groups is 1. The van der Waals surface area contributed by atoms with Gasteiger partial charge in [0.25, 0.3) is 0 Å². The molecule has 1 aromatic heterocycles. The van der Waals surface area contributed by atoms with Gasteiger partial charge in [-0.2, -0.15) is 13.2 Å². The maximum atomic E-state index is 13.3. The van der Waals surface area contributed by atoms with Gasteiger partial charge in [0, 0.05) is 51.4 Å². The lowest BCUT2D eigenvalue weighted by Gasteiger charge is -2.35. The van der Waals surface area contributed by atoms with Crippen LogP contribution in [-0.4, -0.2) is 57.2 Å². The van der Waals surface area contributed by atoms with Crippen LogP contribution in [0.25, 0.3) is 0 Å². The summed E-state index contributed by atoms with van der Waals surface area (Å²) in [5, 5.41) is 6.36. The Hall–Kier alpha value is -2.68. The van der Waals surface area contributed by atoms with E-state index in [0.29, 0.717) is 31.0 Å². The minimum Gasteiger partial charge on any atom is -0.469 e. The second-order valence-corrected chi connectivity index (χ2v) is 7.58. The third-order valence-electron chi connectivity index (χ3n) is 5.25. The molecule has 0 unspecified atom stereocenters. The summed E-state index contributed by atoms with van der Waals surface area (Å²) in [6.45, 7) is 6.67. The van der Waals surface area contributed by atoms with Gasteiger partial charge in [-0.3, -0.25) is 0 Å². The summed E-state index contributed by atoms with van der Waals surface area (Å²) in [5.74, 6) is 1.43. The van der Waals surface area contributed by atoms with Gasteiger partial charge in [0.1, 0.15) is 5.76 Å². The molecule has 170 valence electrons. The molecule has 1 aliphatic heterocycles. The van der Waals surface area contributed by atoms with Crippen LogP contribution in [-0.2, 0) is 19.1 Å². The molecular weight excluding hydrogens is 407 g/mol. The topological polar surface area (TPSA) is 56.0 Å². The Bertz CT molecular complexity index is 843. The van der Waals surface area contributed by atoms with Crippen LogP contribution < -0.4 is 15.5 Å². The molecule has 0 atom stereocenters. The molecule has 1 saturated heterocycles. The van der Waals surface area contributed by atoms with Crippen LogP contribution in [0.2, 0.25) is 0 Å². The molecule has 1 aromatic carbocycles. The molecule has 31 heavy (non-hydrogen) atoms. The van der Waals surface area contributed by atoms with Crippen molar-refractivity contribution in [2.75, 3.05) is 51.2 Å². The number of furan rings is 1. The van der Waals surface area contributed by atoms with Crippen molar-refractivity contribution in [1.82, 2.24) is 15.5 Å². The van der Waals surface area contributed by atoms with Gasteiger partial charge in [-0.05, 0) is 49.9 Å². The van der Waals surface area contributed by atoms with Crippen molar-refractivity contribution in [1.29, 1.82) is 0 Å². The average molecular weight is 438 g/mol. The SMILES string of the molecule is CCNC(=NCc1cc(C(F)(F)F)ccc1N1CCN(C)CC1)NCCc1ccco1. The fourth-order valence-corrected chi connectivity index (χ4v) is 3.51. The highest BCUT2D eigenvalue weighted by atomic mass is 19.4. The van der Waals surface area contributed by atoms with E-state index in [1.807, 2.05) is 26.1 Å². The van der Waals surface area contributed by atoms with Crippen LogP contribution in [0, 0.1) is 0 Å². The maximum Gasteiger partial charge on any atom is 0.416 e. The average Bonchev–Trinajstić information content (AvgIpc) is 3.25. The van der Waals surface area contributed by atoms with E-state index in [9.17, 15) is 13.2 Å². The fourth-order valence-electron chi connectivity index (χ4n) is 3.51. The zero-order chi connectivity index (χ0) is 22.3. The fraction of sp³-hybridized carbons (Fsp3) is 0.500. The number of aliphatic imine (C=N–C) groups is 1. The second-order valence-electron chi connectivity index (χ2n) is 7.58. The lowest BCUT2D eigenvalue weighted by Crippen LogP contribution is -2.44. The molecule has 1 fully saturated rings. The van der Waals surface area contributed by atoms with Crippen LogP contribution in [0.5, 0.6) is 0 Å². The molecular formula is C22H30F3N5O. The number of benzene rings is 1. The summed E-state index contributed by atoms with van der Waals surface area (Å²) >= 11 is 0. The molecule has 0 aliphatic carbocycles. The lowest BCUT2D eigenvalue weighted by molar-refractivity contribution is -0.137.